The molecule has 0 saturated carbocycles. The number of hydrogen-bond donors (Lipinski definition) is 4. The summed E-state index contributed by atoms with van der Waals surface area (Å²) >= 11 is 0. The van der Waals surface area contributed by atoms with Crippen LogP contribution >= 0.6 is 0 Å². The monoisotopic (exact) mass is 569 g/mol. The zero-order valence-electron chi connectivity index (χ0n) is 23.7. The predicted molar refractivity (Wildman–Crippen MR) is 151 cm³/mol. The van der Waals surface area contributed by atoms with E-state index in [-0.39, 0.29) is 44.2 Å². The van der Waals surface area contributed by atoms with Crippen molar-refractivity contribution in [1.82, 2.24) is 20.5 Å². The maximum atomic E-state index is 13.0. The topological polar surface area (TPSA) is 159 Å². The number of rotatable bonds is 13. The third-order valence-electron chi connectivity index (χ3n) is 6.28. The number of amides is 3. The number of anilines is 1. The summed E-state index contributed by atoms with van der Waals surface area (Å²) in [4.78, 5) is 54.9. The molecule has 41 heavy (non-hydrogen) atoms. The Bertz CT molecular complexity index is 1160. The standard InChI is InChI=1S/C29H39N5O7/c1-29(2,3)14-25(35)33-23(27(37)38)16-32-26(36)19-40-22-13-21(15-31-24-11-7-8-12-30-24)34(17-22)28(39)41-18-20-9-5-4-6-10-20/h4-12,21-23H,13-19H2,1-3H3,(H,30,31)(H,32,36)(H,33,35)(H,37,38). The zero-order chi connectivity index (χ0) is 29.8. The van der Waals surface area contributed by atoms with Gasteiger partial charge in [0.15, 0.2) is 0 Å². The molecule has 4 N–H and O–H groups in total. The van der Waals surface area contributed by atoms with Crippen LogP contribution in [0.5, 0.6) is 0 Å². The number of hydrogen-bond acceptors (Lipinski definition) is 8. The van der Waals surface area contributed by atoms with Crippen molar-refractivity contribution in [2.45, 2.75) is 58.4 Å². The number of nitrogens with one attached hydrogen (secondary N) is 3. The van der Waals surface area contributed by atoms with Gasteiger partial charge in [-0.3, -0.25) is 9.59 Å². The van der Waals surface area contributed by atoms with Crippen LogP contribution in [-0.4, -0.2) is 83.3 Å². The highest BCUT2D eigenvalue weighted by Gasteiger charge is 2.37. The van der Waals surface area contributed by atoms with Gasteiger partial charge in [-0.1, -0.05) is 57.2 Å². The lowest BCUT2D eigenvalue weighted by molar-refractivity contribution is -0.142. The van der Waals surface area contributed by atoms with Crippen LogP contribution in [0, 0.1) is 5.41 Å². The van der Waals surface area contributed by atoms with E-state index in [9.17, 15) is 24.3 Å². The molecule has 12 nitrogen and oxygen atoms in total. The van der Waals surface area contributed by atoms with Crippen LogP contribution in [-0.2, 0) is 30.5 Å². The fourth-order valence-electron chi connectivity index (χ4n) is 4.29. The van der Waals surface area contributed by atoms with Gasteiger partial charge in [-0.25, -0.2) is 14.6 Å². The van der Waals surface area contributed by atoms with Gasteiger partial charge in [0.25, 0.3) is 0 Å². The number of pyridine rings is 1. The van der Waals surface area contributed by atoms with E-state index in [1.807, 2.05) is 63.2 Å². The molecule has 3 unspecified atom stereocenters. The highest BCUT2D eigenvalue weighted by Crippen LogP contribution is 2.23. The summed E-state index contributed by atoms with van der Waals surface area (Å²) in [6.07, 6.45) is 1.33. The van der Waals surface area contributed by atoms with Crippen LogP contribution in [0.2, 0.25) is 0 Å². The lowest BCUT2D eigenvalue weighted by Crippen LogP contribution is -2.49. The number of aromatic nitrogens is 1. The second-order valence-corrected chi connectivity index (χ2v) is 11.1. The van der Waals surface area contributed by atoms with Crippen molar-refractivity contribution in [3.05, 3.63) is 60.3 Å². The number of aliphatic carboxylic acids is 1. The van der Waals surface area contributed by atoms with Crippen molar-refractivity contribution in [3.63, 3.8) is 0 Å². The minimum atomic E-state index is -1.27. The molecule has 222 valence electrons. The SMILES string of the molecule is CC(C)(C)CC(=O)NC(CNC(=O)COC1CC(CNc2ccccn2)N(C(=O)OCc2ccccc2)C1)C(=O)O. The molecular weight excluding hydrogens is 530 g/mol. The Morgan fingerprint density at radius 3 is 2.46 bits per heavy atom. The van der Waals surface area contributed by atoms with Gasteiger partial charge in [0, 0.05) is 25.7 Å². The number of nitrogens with zero attached hydrogens (tertiary/aromatic N) is 2. The predicted octanol–water partition coefficient (Wildman–Crippen LogP) is 2.41. The molecule has 0 aliphatic carbocycles. The molecule has 1 aliphatic rings. The van der Waals surface area contributed by atoms with E-state index in [4.69, 9.17) is 9.47 Å². The van der Waals surface area contributed by atoms with Crippen molar-refractivity contribution in [2.24, 2.45) is 5.41 Å². The first-order valence-electron chi connectivity index (χ1n) is 13.5. The molecule has 0 bridgehead atoms. The van der Waals surface area contributed by atoms with E-state index >= 15 is 0 Å². The number of carbonyl (C=O) groups is 4. The Balaban J connectivity index is 1.51. The van der Waals surface area contributed by atoms with Crippen molar-refractivity contribution in [3.8, 4) is 0 Å². The van der Waals surface area contributed by atoms with Crippen molar-refractivity contribution in [2.75, 3.05) is 31.6 Å². The molecule has 2 heterocycles. The van der Waals surface area contributed by atoms with Crippen molar-refractivity contribution in [1.29, 1.82) is 0 Å². The van der Waals surface area contributed by atoms with Crippen molar-refractivity contribution >= 4 is 29.7 Å². The number of likely N-dealkylation sites (tertiary alicyclic amines) is 1. The average molecular weight is 570 g/mol. The number of ether oxygens (including phenoxy) is 2. The van der Waals surface area contributed by atoms with E-state index < -0.39 is 36.0 Å². The molecule has 1 saturated heterocycles. The van der Waals surface area contributed by atoms with E-state index in [0.717, 1.165) is 5.56 Å². The van der Waals surface area contributed by atoms with Crippen LogP contribution < -0.4 is 16.0 Å². The third-order valence-corrected chi connectivity index (χ3v) is 6.28. The second kappa shape index (κ2) is 15.0. The summed E-state index contributed by atoms with van der Waals surface area (Å²) in [5, 5.41) is 17.6. The lowest BCUT2D eigenvalue weighted by atomic mass is 9.92. The average Bonchev–Trinajstić information content (AvgIpc) is 3.35. The van der Waals surface area contributed by atoms with Gasteiger partial charge in [-0.2, -0.15) is 0 Å². The number of carboxylic acid groups (broad SMARTS) is 1. The molecule has 3 rings (SSSR count). The normalized spacial score (nSPS) is 17.4. The molecule has 1 fully saturated rings. The van der Waals surface area contributed by atoms with E-state index in [1.54, 1.807) is 17.2 Å². The summed E-state index contributed by atoms with van der Waals surface area (Å²) in [5.41, 5.74) is 0.556. The van der Waals surface area contributed by atoms with Gasteiger partial charge >= 0.3 is 12.1 Å². The third kappa shape index (κ3) is 11.1. The molecule has 1 aliphatic heterocycles. The molecule has 0 radical (unpaired) electrons. The van der Waals surface area contributed by atoms with Crippen LogP contribution in [0.25, 0.3) is 0 Å². The zero-order valence-corrected chi connectivity index (χ0v) is 23.7. The van der Waals surface area contributed by atoms with E-state index in [1.165, 1.54) is 0 Å². The highest BCUT2D eigenvalue weighted by molar-refractivity contribution is 5.85. The van der Waals surface area contributed by atoms with Crippen LogP contribution in [0.15, 0.2) is 54.7 Å². The largest absolute Gasteiger partial charge is 0.480 e. The summed E-state index contributed by atoms with van der Waals surface area (Å²) < 4.78 is 11.3. The van der Waals surface area contributed by atoms with E-state index in [0.29, 0.717) is 18.8 Å². The summed E-state index contributed by atoms with van der Waals surface area (Å²) in [6.45, 7) is 5.73. The van der Waals surface area contributed by atoms with E-state index in [2.05, 4.69) is 20.9 Å². The van der Waals surface area contributed by atoms with Gasteiger partial charge in [0.2, 0.25) is 11.8 Å². The van der Waals surface area contributed by atoms with Gasteiger partial charge in [0.05, 0.1) is 18.7 Å². The van der Waals surface area contributed by atoms with Gasteiger partial charge in [-0.05, 0) is 29.5 Å². The fraction of sp³-hybridized carbons (Fsp3) is 0.483. The van der Waals surface area contributed by atoms with Gasteiger partial charge < -0.3 is 35.4 Å². The number of carboxylic acids is 1. The Labute approximate surface area is 239 Å². The summed E-state index contributed by atoms with van der Waals surface area (Å²) in [6, 6.07) is 13.3. The minimum Gasteiger partial charge on any atom is -0.480 e. The van der Waals surface area contributed by atoms with Gasteiger partial charge in [0.1, 0.15) is 25.1 Å². The molecule has 3 amide bonds. The summed E-state index contributed by atoms with van der Waals surface area (Å²) in [5.74, 6) is -1.53. The number of benzene rings is 1. The lowest BCUT2D eigenvalue weighted by Gasteiger charge is -2.24. The van der Waals surface area contributed by atoms with Crippen LogP contribution in [0.3, 0.4) is 0 Å². The van der Waals surface area contributed by atoms with Gasteiger partial charge in [-0.15, -0.1) is 0 Å². The second-order valence-electron chi connectivity index (χ2n) is 11.1. The molecular formula is C29H39N5O7. The molecule has 2 aromatic rings. The molecule has 1 aromatic heterocycles. The maximum absolute atomic E-state index is 13.0. The Hall–Kier alpha value is -4.19. The smallest absolute Gasteiger partial charge is 0.410 e. The Kier molecular flexibility index (Phi) is 11.5. The molecule has 0 spiro atoms. The fourth-order valence-corrected chi connectivity index (χ4v) is 4.29. The van der Waals surface area contributed by atoms with Crippen molar-refractivity contribution < 1.29 is 33.8 Å². The summed E-state index contributed by atoms with van der Waals surface area (Å²) in [7, 11) is 0. The minimum absolute atomic E-state index is 0.127. The Morgan fingerprint density at radius 2 is 1.80 bits per heavy atom. The molecule has 3 atom stereocenters. The quantitative estimate of drug-likeness (QED) is 0.284. The first-order valence-corrected chi connectivity index (χ1v) is 13.5. The Morgan fingerprint density at radius 1 is 1.07 bits per heavy atom. The number of carbonyl (C=O) groups excluding carboxylic acids is 3. The van der Waals surface area contributed by atoms with Crippen LogP contribution in [0.1, 0.15) is 39.2 Å². The first-order chi connectivity index (χ1) is 19.5. The van der Waals surface area contributed by atoms with Crippen LogP contribution in [0.4, 0.5) is 10.6 Å². The first kappa shape index (κ1) is 31.3. The maximum Gasteiger partial charge on any atom is 0.410 e. The molecule has 1 aromatic carbocycles. The highest BCUT2D eigenvalue weighted by atomic mass is 16.6. The molecule has 12 heteroatoms.